The average molecular weight is 297 g/mol. The van der Waals surface area contributed by atoms with Crippen LogP contribution in [0.5, 0.6) is 5.75 Å². The predicted octanol–water partition coefficient (Wildman–Crippen LogP) is 3.50. The third kappa shape index (κ3) is 4.49. The molecule has 5 heteroatoms. The van der Waals surface area contributed by atoms with Crippen LogP contribution in [0.15, 0.2) is 22.6 Å². The highest BCUT2D eigenvalue weighted by Crippen LogP contribution is 2.30. The van der Waals surface area contributed by atoms with Gasteiger partial charge in [0.05, 0.1) is 12.8 Å². The zero-order valence-corrected chi connectivity index (χ0v) is 12.9. The normalized spacial score (nSPS) is 17.4. The Hall–Kier alpha value is -1.07. The van der Waals surface area contributed by atoms with Gasteiger partial charge in [0.2, 0.25) is 0 Å². The minimum atomic E-state index is -1.32. The van der Waals surface area contributed by atoms with E-state index in [4.69, 9.17) is 4.74 Å². The lowest BCUT2D eigenvalue weighted by Crippen LogP contribution is -2.25. The van der Waals surface area contributed by atoms with Crippen LogP contribution in [0.3, 0.4) is 0 Å². The second-order valence-corrected chi connectivity index (χ2v) is 7.97. The van der Waals surface area contributed by atoms with Gasteiger partial charge in [0.1, 0.15) is 16.1 Å². The first kappa shape index (κ1) is 15.3. The monoisotopic (exact) mass is 297 g/mol. The van der Waals surface area contributed by atoms with Crippen molar-refractivity contribution in [2.45, 2.75) is 38.4 Å². The number of ether oxygens (including phenoxy) is 1. The molecule has 0 saturated heterocycles. The molecule has 1 aliphatic rings. The first-order valence-electron chi connectivity index (χ1n) is 6.74. The molecule has 0 spiro atoms. The van der Waals surface area contributed by atoms with Crippen LogP contribution in [-0.2, 0) is 11.4 Å². The van der Waals surface area contributed by atoms with E-state index in [1.54, 1.807) is 12.1 Å². The maximum Gasteiger partial charge on any atom is 0.165 e. The molecule has 20 heavy (non-hydrogen) atoms. The van der Waals surface area contributed by atoms with Crippen molar-refractivity contribution in [1.29, 1.82) is 0 Å². The molecule has 0 heterocycles. The molecule has 1 aliphatic carbocycles. The fourth-order valence-corrected chi connectivity index (χ4v) is 2.00. The summed E-state index contributed by atoms with van der Waals surface area (Å²) in [6.07, 6.45) is 3.82. The molecule has 0 radical (unpaired) electrons. The van der Waals surface area contributed by atoms with E-state index in [2.05, 4.69) is 4.40 Å². The number of hydrogen-bond acceptors (Lipinski definition) is 3. The van der Waals surface area contributed by atoms with Crippen LogP contribution in [0.2, 0.25) is 0 Å². The van der Waals surface area contributed by atoms with Crippen LogP contribution < -0.4 is 4.74 Å². The standard InChI is InChI=1S/C15H20FNO2S/c1-15(2,3)20(18)17-9-12-6-7-13(16)14(8-12)19-10-11-4-5-11/h6-9,11H,4-5,10H2,1-3H3/b17-9-. The molecule has 1 atom stereocenters. The Morgan fingerprint density at radius 1 is 1.45 bits per heavy atom. The summed E-state index contributed by atoms with van der Waals surface area (Å²) in [6.45, 7) is 6.13. The van der Waals surface area contributed by atoms with Gasteiger partial charge in [-0.3, -0.25) is 0 Å². The lowest BCUT2D eigenvalue weighted by molar-refractivity contribution is 0.285. The third-order valence-corrected chi connectivity index (χ3v) is 4.29. The summed E-state index contributed by atoms with van der Waals surface area (Å²) < 4.78 is 34.5. The first-order valence-corrected chi connectivity index (χ1v) is 7.85. The summed E-state index contributed by atoms with van der Waals surface area (Å²) in [5.41, 5.74) is 0.690. The minimum absolute atomic E-state index is 0.238. The summed E-state index contributed by atoms with van der Waals surface area (Å²) in [5, 5.41) is 0. The van der Waals surface area contributed by atoms with Crippen molar-refractivity contribution in [2.75, 3.05) is 6.61 Å². The lowest BCUT2D eigenvalue weighted by Gasteiger charge is -2.17. The molecular formula is C15H20FNO2S. The van der Waals surface area contributed by atoms with Crippen LogP contribution in [0.1, 0.15) is 39.2 Å². The van der Waals surface area contributed by atoms with Gasteiger partial charge in [-0.05, 0) is 51.7 Å². The quantitative estimate of drug-likeness (QED) is 0.617. The molecule has 1 saturated carbocycles. The Balaban J connectivity index is 2.04. The topological polar surface area (TPSA) is 44.7 Å². The van der Waals surface area contributed by atoms with Crippen LogP contribution in [0.25, 0.3) is 0 Å². The van der Waals surface area contributed by atoms with Crippen LogP contribution in [0.4, 0.5) is 4.39 Å². The Morgan fingerprint density at radius 2 is 2.15 bits per heavy atom. The molecule has 0 aliphatic heterocycles. The highest BCUT2D eigenvalue weighted by atomic mass is 32.2. The zero-order valence-electron chi connectivity index (χ0n) is 12.1. The summed E-state index contributed by atoms with van der Waals surface area (Å²) in [5.74, 6) is 0.433. The van der Waals surface area contributed by atoms with Gasteiger partial charge in [0, 0.05) is 5.56 Å². The smallest absolute Gasteiger partial charge is 0.165 e. The van der Waals surface area contributed by atoms with Crippen molar-refractivity contribution in [3.8, 4) is 5.75 Å². The molecule has 1 aromatic rings. The Kier molecular flexibility index (Phi) is 4.70. The van der Waals surface area contributed by atoms with E-state index in [0.717, 1.165) is 12.8 Å². The van der Waals surface area contributed by atoms with Crippen LogP contribution >= 0.6 is 0 Å². The largest absolute Gasteiger partial charge is 0.591 e. The van der Waals surface area contributed by atoms with Gasteiger partial charge in [-0.1, -0.05) is 10.5 Å². The third-order valence-electron chi connectivity index (χ3n) is 2.95. The number of nitrogens with zero attached hydrogens (tertiary/aromatic N) is 1. The second-order valence-electron chi connectivity index (χ2n) is 6.04. The molecule has 2 rings (SSSR count). The fraction of sp³-hybridized carbons (Fsp3) is 0.533. The summed E-state index contributed by atoms with van der Waals surface area (Å²) in [6, 6.07) is 4.55. The molecule has 1 fully saturated rings. The van der Waals surface area contributed by atoms with Crippen molar-refractivity contribution >= 4 is 17.6 Å². The summed E-state index contributed by atoms with van der Waals surface area (Å²) in [4.78, 5) is 0. The molecule has 0 N–H and O–H groups in total. The van der Waals surface area contributed by atoms with Gasteiger partial charge < -0.3 is 9.29 Å². The van der Waals surface area contributed by atoms with E-state index >= 15 is 0 Å². The molecule has 1 unspecified atom stereocenters. The number of rotatable bonds is 5. The van der Waals surface area contributed by atoms with Crippen molar-refractivity contribution in [2.24, 2.45) is 10.3 Å². The van der Waals surface area contributed by atoms with Gasteiger partial charge in [0.15, 0.2) is 11.6 Å². The lowest BCUT2D eigenvalue weighted by atomic mass is 10.2. The van der Waals surface area contributed by atoms with Gasteiger partial charge >= 0.3 is 0 Å². The fourth-order valence-electron chi connectivity index (χ4n) is 1.47. The van der Waals surface area contributed by atoms with E-state index in [9.17, 15) is 8.94 Å². The summed E-state index contributed by atoms with van der Waals surface area (Å²) >= 11 is -1.32. The van der Waals surface area contributed by atoms with Crippen LogP contribution in [-0.4, -0.2) is 22.1 Å². The Morgan fingerprint density at radius 3 is 2.75 bits per heavy atom. The zero-order chi connectivity index (χ0) is 14.8. The molecule has 0 aromatic heterocycles. The van der Waals surface area contributed by atoms with Gasteiger partial charge in [0.25, 0.3) is 0 Å². The number of hydrogen-bond donors (Lipinski definition) is 0. The SMILES string of the molecule is CC(C)(C)[S+]([O-])/N=C\c1ccc(F)c(OCC2CC2)c1. The molecular weight excluding hydrogens is 277 g/mol. The molecule has 0 bridgehead atoms. The van der Waals surface area contributed by atoms with Crippen molar-refractivity contribution < 1.29 is 13.7 Å². The highest BCUT2D eigenvalue weighted by Gasteiger charge is 2.26. The molecule has 1 aromatic carbocycles. The minimum Gasteiger partial charge on any atom is -0.591 e. The average Bonchev–Trinajstić information content (AvgIpc) is 3.18. The molecule has 3 nitrogen and oxygen atoms in total. The van der Waals surface area contributed by atoms with Crippen LogP contribution in [0, 0.1) is 11.7 Å². The van der Waals surface area contributed by atoms with E-state index in [1.165, 1.54) is 12.3 Å². The van der Waals surface area contributed by atoms with E-state index in [1.807, 2.05) is 20.8 Å². The van der Waals surface area contributed by atoms with Gasteiger partial charge in [-0.2, -0.15) is 0 Å². The molecule has 110 valence electrons. The molecule has 0 amide bonds. The predicted molar refractivity (Wildman–Crippen MR) is 80.1 cm³/mol. The van der Waals surface area contributed by atoms with E-state index in [0.29, 0.717) is 18.1 Å². The van der Waals surface area contributed by atoms with Crippen molar-refractivity contribution in [1.82, 2.24) is 0 Å². The van der Waals surface area contributed by atoms with Crippen molar-refractivity contribution in [3.63, 3.8) is 0 Å². The van der Waals surface area contributed by atoms with Gasteiger partial charge in [-0.25, -0.2) is 4.39 Å². The Bertz CT molecular complexity index is 495. The van der Waals surface area contributed by atoms with Crippen molar-refractivity contribution in [3.05, 3.63) is 29.6 Å². The first-order chi connectivity index (χ1) is 9.36. The highest BCUT2D eigenvalue weighted by molar-refractivity contribution is 7.91. The maximum atomic E-state index is 13.6. The maximum absolute atomic E-state index is 13.6. The summed E-state index contributed by atoms with van der Waals surface area (Å²) in [7, 11) is 0. The number of halogens is 1. The second kappa shape index (κ2) is 6.14. The Labute approximate surface area is 122 Å². The number of benzene rings is 1. The van der Waals surface area contributed by atoms with E-state index in [-0.39, 0.29) is 11.6 Å². The van der Waals surface area contributed by atoms with Gasteiger partial charge in [-0.15, -0.1) is 0 Å². The van der Waals surface area contributed by atoms with E-state index < -0.39 is 16.1 Å².